The Morgan fingerprint density at radius 2 is 1.52 bits per heavy atom. The molecule has 25 heavy (non-hydrogen) atoms. The number of hydrogen-bond donors (Lipinski definition) is 1. The van der Waals surface area contributed by atoms with Crippen molar-refractivity contribution in [3.63, 3.8) is 0 Å². The van der Waals surface area contributed by atoms with Gasteiger partial charge in [-0.25, -0.2) is 17.9 Å². The molecule has 0 heterocycles. The summed E-state index contributed by atoms with van der Waals surface area (Å²) in [7, 11) is -3.77. The standard InChI is InChI=1S/C16H14Cl3NO4S/c17-16(18,19)15(21)24-14(12-7-3-1-4-8-12)11-20-25(22,23)13-9-5-2-6-10-13/h1-10,14,20H,11H2. The van der Waals surface area contributed by atoms with E-state index in [0.717, 1.165) is 0 Å². The monoisotopic (exact) mass is 421 g/mol. The van der Waals surface area contributed by atoms with E-state index in [4.69, 9.17) is 39.5 Å². The zero-order valence-corrected chi connectivity index (χ0v) is 15.8. The molecule has 0 bridgehead atoms. The van der Waals surface area contributed by atoms with Crippen molar-refractivity contribution in [2.24, 2.45) is 0 Å². The van der Waals surface area contributed by atoms with Crippen molar-refractivity contribution >= 4 is 50.8 Å². The van der Waals surface area contributed by atoms with Gasteiger partial charge in [0.05, 0.1) is 11.4 Å². The van der Waals surface area contributed by atoms with E-state index in [1.807, 2.05) is 0 Å². The summed E-state index contributed by atoms with van der Waals surface area (Å²) in [5.74, 6) is -1.09. The molecule has 0 spiro atoms. The summed E-state index contributed by atoms with van der Waals surface area (Å²) in [5.41, 5.74) is 0.556. The number of rotatable bonds is 6. The number of sulfonamides is 1. The van der Waals surface area contributed by atoms with Crippen LogP contribution in [0.2, 0.25) is 0 Å². The normalized spacial score (nSPS) is 13.2. The molecule has 0 aliphatic heterocycles. The van der Waals surface area contributed by atoms with Gasteiger partial charge in [-0.05, 0) is 17.7 Å². The molecule has 2 aromatic carbocycles. The predicted octanol–water partition coefficient (Wildman–Crippen LogP) is 3.62. The van der Waals surface area contributed by atoms with Crippen molar-refractivity contribution in [2.75, 3.05) is 6.54 Å². The summed E-state index contributed by atoms with van der Waals surface area (Å²) in [6.07, 6.45) is -0.956. The first-order chi connectivity index (χ1) is 11.7. The second-order valence-electron chi connectivity index (χ2n) is 4.97. The first-order valence-corrected chi connectivity index (χ1v) is 9.69. The Bertz CT molecular complexity index is 808. The highest BCUT2D eigenvalue weighted by molar-refractivity contribution is 7.89. The number of hydrogen-bond acceptors (Lipinski definition) is 4. The van der Waals surface area contributed by atoms with E-state index >= 15 is 0 Å². The van der Waals surface area contributed by atoms with Crippen LogP contribution in [0.4, 0.5) is 0 Å². The SMILES string of the molecule is O=C(OC(CNS(=O)(=O)c1ccccc1)c1ccccc1)C(Cl)(Cl)Cl. The number of ether oxygens (including phenoxy) is 1. The number of esters is 1. The first-order valence-electron chi connectivity index (χ1n) is 7.07. The molecule has 0 radical (unpaired) electrons. The van der Waals surface area contributed by atoms with Gasteiger partial charge in [0.25, 0.3) is 3.79 Å². The smallest absolute Gasteiger partial charge is 0.359 e. The Hall–Kier alpha value is -1.31. The fourth-order valence-electron chi connectivity index (χ4n) is 1.96. The van der Waals surface area contributed by atoms with E-state index in [9.17, 15) is 13.2 Å². The number of alkyl halides is 3. The van der Waals surface area contributed by atoms with E-state index in [-0.39, 0.29) is 11.4 Å². The van der Waals surface area contributed by atoms with Crippen LogP contribution in [0.15, 0.2) is 65.6 Å². The van der Waals surface area contributed by atoms with Crippen molar-refractivity contribution in [2.45, 2.75) is 14.8 Å². The molecule has 0 aliphatic carbocycles. The molecule has 0 saturated carbocycles. The van der Waals surface area contributed by atoms with Gasteiger partial charge >= 0.3 is 5.97 Å². The zero-order valence-electron chi connectivity index (χ0n) is 12.7. The second kappa shape index (κ2) is 8.38. The molecule has 1 unspecified atom stereocenters. The Morgan fingerprint density at radius 3 is 2.04 bits per heavy atom. The molecule has 1 N–H and O–H groups in total. The molecule has 2 rings (SSSR count). The van der Waals surface area contributed by atoms with E-state index in [2.05, 4.69) is 4.72 Å². The topological polar surface area (TPSA) is 72.5 Å². The number of nitrogens with one attached hydrogen (secondary N) is 1. The summed E-state index contributed by atoms with van der Waals surface area (Å²) >= 11 is 16.6. The molecule has 0 aliphatic rings. The van der Waals surface area contributed by atoms with Gasteiger partial charge in [0.1, 0.15) is 6.10 Å². The van der Waals surface area contributed by atoms with Crippen LogP contribution in [-0.2, 0) is 19.6 Å². The fraction of sp³-hybridized carbons (Fsp3) is 0.188. The lowest BCUT2D eigenvalue weighted by atomic mass is 10.1. The van der Waals surface area contributed by atoms with Gasteiger partial charge in [0, 0.05) is 0 Å². The van der Waals surface area contributed by atoms with Gasteiger partial charge in [0.2, 0.25) is 10.0 Å². The van der Waals surface area contributed by atoms with Gasteiger partial charge < -0.3 is 4.74 Å². The summed E-state index contributed by atoms with van der Waals surface area (Å²) in [4.78, 5) is 11.9. The van der Waals surface area contributed by atoms with Gasteiger partial charge in [-0.3, -0.25) is 0 Å². The molecule has 1 atom stereocenters. The third-order valence-corrected chi connectivity index (χ3v) is 5.07. The van der Waals surface area contributed by atoms with Crippen LogP contribution in [0.25, 0.3) is 0 Å². The van der Waals surface area contributed by atoms with Gasteiger partial charge in [-0.15, -0.1) is 0 Å². The van der Waals surface area contributed by atoms with Gasteiger partial charge in [-0.2, -0.15) is 0 Å². The van der Waals surface area contributed by atoms with E-state index < -0.39 is 25.9 Å². The fourth-order valence-corrected chi connectivity index (χ4v) is 3.15. The molecule has 0 fully saturated rings. The quantitative estimate of drug-likeness (QED) is 0.570. The lowest BCUT2D eigenvalue weighted by molar-refractivity contribution is -0.148. The Morgan fingerprint density at radius 1 is 1.00 bits per heavy atom. The summed E-state index contributed by atoms with van der Waals surface area (Å²) < 4.78 is 30.0. The Balaban J connectivity index is 2.18. The molecular weight excluding hydrogens is 409 g/mol. The van der Waals surface area contributed by atoms with Crippen molar-refractivity contribution in [1.82, 2.24) is 4.72 Å². The molecule has 0 aromatic heterocycles. The maximum atomic E-state index is 12.3. The molecule has 2 aromatic rings. The minimum absolute atomic E-state index is 0.0921. The Labute approximate surface area is 160 Å². The van der Waals surface area contributed by atoms with Crippen LogP contribution in [0.3, 0.4) is 0 Å². The second-order valence-corrected chi connectivity index (χ2v) is 9.02. The maximum absolute atomic E-state index is 12.3. The number of benzene rings is 2. The largest absolute Gasteiger partial charge is 0.453 e. The Kier molecular flexibility index (Phi) is 6.71. The molecule has 9 heteroatoms. The average Bonchev–Trinajstić information content (AvgIpc) is 2.59. The lowest BCUT2D eigenvalue weighted by Gasteiger charge is -2.21. The van der Waals surface area contributed by atoms with Crippen LogP contribution < -0.4 is 4.72 Å². The highest BCUT2D eigenvalue weighted by Gasteiger charge is 2.35. The van der Waals surface area contributed by atoms with Gasteiger partial charge in [0.15, 0.2) is 0 Å². The molecule has 0 amide bonds. The average molecular weight is 423 g/mol. The number of halogens is 3. The molecule has 0 saturated heterocycles. The summed E-state index contributed by atoms with van der Waals surface area (Å²) in [6, 6.07) is 16.4. The third kappa shape index (κ3) is 5.87. The van der Waals surface area contributed by atoms with Crippen molar-refractivity contribution in [3.05, 3.63) is 66.2 Å². The van der Waals surface area contributed by atoms with Crippen molar-refractivity contribution in [1.29, 1.82) is 0 Å². The van der Waals surface area contributed by atoms with Crippen LogP contribution in [0, 0.1) is 0 Å². The summed E-state index contributed by atoms with van der Waals surface area (Å²) in [6.45, 7) is -0.215. The van der Waals surface area contributed by atoms with Gasteiger partial charge in [-0.1, -0.05) is 83.3 Å². The minimum atomic E-state index is -3.77. The van der Waals surface area contributed by atoms with Crippen LogP contribution in [0.1, 0.15) is 11.7 Å². The zero-order chi connectivity index (χ0) is 18.5. The molecule has 134 valence electrons. The van der Waals surface area contributed by atoms with Crippen LogP contribution in [-0.4, -0.2) is 24.7 Å². The lowest BCUT2D eigenvalue weighted by Crippen LogP contribution is -2.33. The highest BCUT2D eigenvalue weighted by Crippen LogP contribution is 2.30. The van der Waals surface area contributed by atoms with Crippen LogP contribution >= 0.6 is 34.8 Å². The maximum Gasteiger partial charge on any atom is 0.359 e. The van der Waals surface area contributed by atoms with Crippen molar-refractivity contribution < 1.29 is 17.9 Å². The predicted molar refractivity (Wildman–Crippen MR) is 97.2 cm³/mol. The highest BCUT2D eigenvalue weighted by atomic mass is 35.6. The molecule has 5 nitrogen and oxygen atoms in total. The van der Waals surface area contributed by atoms with E-state index in [1.165, 1.54) is 12.1 Å². The first kappa shape index (κ1) is 20.0. The van der Waals surface area contributed by atoms with E-state index in [1.54, 1.807) is 48.5 Å². The third-order valence-electron chi connectivity index (χ3n) is 3.16. The number of carbonyl (C=O) groups excluding carboxylic acids is 1. The minimum Gasteiger partial charge on any atom is -0.453 e. The summed E-state index contributed by atoms with van der Waals surface area (Å²) in [5, 5.41) is 0. The molecular formula is C16H14Cl3NO4S. The van der Waals surface area contributed by atoms with Crippen LogP contribution in [0.5, 0.6) is 0 Å². The van der Waals surface area contributed by atoms with Crippen molar-refractivity contribution in [3.8, 4) is 0 Å². The number of carbonyl (C=O) groups is 1. The van der Waals surface area contributed by atoms with E-state index in [0.29, 0.717) is 5.56 Å².